The first-order chi connectivity index (χ1) is 11.6. The van der Waals surface area contributed by atoms with Crippen molar-refractivity contribution in [2.45, 2.75) is 38.0 Å². The van der Waals surface area contributed by atoms with E-state index < -0.39 is 4.92 Å². The summed E-state index contributed by atoms with van der Waals surface area (Å²) in [6.45, 7) is 0. The van der Waals surface area contributed by atoms with Gasteiger partial charge in [0.2, 0.25) is 11.0 Å². The number of thiophene rings is 1. The van der Waals surface area contributed by atoms with E-state index in [4.69, 9.17) is 0 Å². The lowest BCUT2D eigenvalue weighted by Gasteiger charge is -2.18. The monoisotopic (exact) mass is 364 g/mol. The number of anilines is 1. The van der Waals surface area contributed by atoms with Crippen molar-refractivity contribution in [3.63, 3.8) is 0 Å². The Kier molecular flexibility index (Phi) is 5.31. The topological polar surface area (TPSA) is 98.0 Å². The van der Waals surface area contributed by atoms with Gasteiger partial charge in [0.1, 0.15) is 5.01 Å². The van der Waals surface area contributed by atoms with E-state index >= 15 is 0 Å². The van der Waals surface area contributed by atoms with E-state index in [1.165, 1.54) is 42.7 Å². The van der Waals surface area contributed by atoms with Crippen molar-refractivity contribution in [3.8, 4) is 0 Å². The fourth-order valence-corrected chi connectivity index (χ4v) is 4.27. The van der Waals surface area contributed by atoms with Gasteiger partial charge in [-0.05, 0) is 25.0 Å². The summed E-state index contributed by atoms with van der Waals surface area (Å²) in [6.07, 6.45) is 8.90. The van der Waals surface area contributed by atoms with Gasteiger partial charge in [0.05, 0.1) is 4.92 Å². The van der Waals surface area contributed by atoms with E-state index in [-0.39, 0.29) is 10.9 Å². The minimum atomic E-state index is -0.448. The van der Waals surface area contributed by atoms with Crippen LogP contribution in [0.3, 0.4) is 0 Å². The number of carbonyl (C=O) groups is 1. The van der Waals surface area contributed by atoms with Gasteiger partial charge in [-0.1, -0.05) is 41.9 Å². The lowest BCUT2D eigenvalue weighted by atomic mass is 9.90. The smallest absolute Gasteiger partial charge is 0.297 e. The number of nitrogens with one attached hydrogen (secondary N) is 1. The summed E-state index contributed by atoms with van der Waals surface area (Å²) in [6, 6.07) is 3.03. The highest BCUT2D eigenvalue weighted by Gasteiger charge is 2.20. The van der Waals surface area contributed by atoms with Crippen molar-refractivity contribution >= 4 is 44.8 Å². The zero-order valence-corrected chi connectivity index (χ0v) is 14.4. The maximum Gasteiger partial charge on any atom is 0.324 e. The minimum Gasteiger partial charge on any atom is -0.297 e. The molecule has 0 bridgehead atoms. The number of aromatic nitrogens is 2. The van der Waals surface area contributed by atoms with Crippen LogP contribution < -0.4 is 5.32 Å². The van der Waals surface area contributed by atoms with Crippen molar-refractivity contribution in [2.24, 2.45) is 0 Å². The predicted molar refractivity (Wildman–Crippen MR) is 94.4 cm³/mol. The zero-order valence-electron chi connectivity index (χ0n) is 12.8. The number of rotatable bonds is 5. The molecule has 0 atom stereocenters. The maximum atomic E-state index is 11.9. The van der Waals surface area contributed by atoms with Crippen LogP contribution >= 0.6 is 22.7 Å². The largest absolute Gasteiger partial charge is 0.324 e. The molecule has 1 amide bonds. The molecule has 0 spiro atoms. The predicted octanol–water partition coefficient (Wildman–Crippen LogP) is 4.21. The van der Waals surface area contributed by atoms with Gasteiger partial charge in [-0.3, -0.25) is 20.2 Å². The molecule has 1 saturated carbocycles. The number of amides is 1. The molecule has 7 nitrogen and oxygen atoms in total. The Bertz CT molecular complexity index is 762. The quantitative estimate of drug-likeness (QED) is 0.487. The molecule has 0 unspecified atom stereocenters. The number of hydrogen-bond acceptors (Lipinski definition) is 7. The fraction of sp³-hybridized carbons (Fsp3) is 0.400. The van der Waals surface area contributed by atoms with Crippen LogP contribution in [0.2, 0.25) is 0 Å². The third-order valence-corrected chi connectivity index (χ3v) is 5.82. The number of carbonyl (C=O) groups excluding carboxylic acids is 1. The van der Waals surface area contributed by atoms with E-state index in [9.17, 15) is 14.9 Å². The Morgan fingerprint density at radius 2 is 2.04 bits per heavy atom. The standard InChI is InChI=1S/C15H16N4O3S2/c20-12(8-6-11-7-9-13(23-11)19(21)22)16-15-18-17-14(24-15)10-4-2-1-3-5-10/h6-10H,1-5H2,(H,16,18,20)/b8-6+. The molecule has 1 N–H and O–H groups in total. The van der Waals surface area contributed by atoms with Gasteiger partial charge in [0.15, 0.2) is 0 Å². The molecule has 1 aliphatic rings. The molecule has 1 fully saturated rings. The first-order valence-corrected chi connectivity index (χ1v) is 9.32. The average Bonchev–Trinajstić information content (AvgIpc) is 3.23. The second-order valence-corrected chi connectivity index (χ2v) is 7.64. The molecule has 0 aromatic carbocycles. The zero-order chi connectivity index (χ0) is 16.9. The normalized spacial score (nSPS) is 15.7. The van der Waals surface area contributed by atoms with E-state index in [0.29, 0.717) is 15.9 Å². The van der Waals surface area contributed by atoms with E-state index in [2.05, 4.69) is 15.5 Å². The highest BCUT2D eigenvalue weighted by Crippen LogP contribution is 2.35. The summed E-state index contributed by atoms with van der Waals surface area (Å²) in [5, 5.41) is 23.1. The van der Waals surface area contributed by atoms with Crippen LogP contribution in [0.4, 0.5) is 10.1 Å². The van der Waals surface area contributed by atoms with Crippen molar-refractivity contribution in [2.75, 3.05) is 5.32 Å². The molecule has 0 saturated heterocycles. The van der Waals surface area contributed by atoms with E-state index in [0.717, 1.165) is 29.2 Å². The molecule has 2 aromatic heterocycles. The molecule has 24 heavy (non-hydrogen) atoms. The van der Waals surface area contributed by atoms with Crippen LogP contribution in [0.5, 0.6) is 0 Å². The fourth-order valence-electron chi connectivity index (χ4n) is 2.63. The van der Waals surface area contributed by atoms with E-state index in [1.807, 2.05) is 0 Å². The Hall–Kier alpha value is -2.13. The molecule has 9 heteroatoms. The van der Waals surface area contributed by atoms with Crippen LogP contribution in [0.15, 0.2) is 18.2 Å². The summed E-state index contributed by atoms with van der Waals surface area (Å²) in [5.41, 5.74) is 0. The first kappa shape index (κ1) is 16.7. The summed E-state index contributed by atoms with van der Waals surface area (Å²) in [5.74, 6) is 0.140. The molecular weight excluding hydrogens is 348 g/mol. The molecule has 126 valence electrons. The Balaban J connectivity index is 1.57. The van der Waals surface area contributed by atoms with Crippen LogP contribution in [0.25, 0.3) is 6.08 Å². The maximum absolute atomic E-state index is 11.9. The minimum absolute atomic E-state index is 0.0521. The van der Waals surface area contributed by atoms with Crippen molar-refractivity contribution in [1.82, 2.24) is 10.2 Å². The van der Waals surface area contributed by atoms with Crippen LogP contribution in [-0.2, 0) is 4.79 Å². The summed E-state index contributed by atoms with van der Waals surface area (Å²) in [7, 11) is 0. The average molecular weight is 364 g/mol. The number of nitro groups is 1. The van der Waals surface area contributed by atoms with Gasteiger partial charge >= 0.3 is 5.00 Å². The molecule has 0 radical (unpaired) electrons. The lowest BCUT2D eigenvalue weighted by molar-refractivity contribution is -0.380. The molecule has 2 heterocycles. The van der Waals surface area contributed by atoms with Crippen molar-refractivity contribution in [1.29, 1.82) is 0 Å². The molecule has 2 aromatic rings. The summed E-state index contributed by atoms with van der Waals surface area (Å²) < 4.78 is 0. The van der Waals surface area contributed by atoms with Crippen LogP contribution in [0.1, 0.15) is 47.9 Å². The third-order valence-electron chi connectivity index (χ3n) is 3.82. The van der Waals surface area contributed by atoms with Gasteiger partial charge in [-0.25, -0.2) is 0 Å². The first-order valence-electron chi connectivity index (χ1n) is 7.68. The third kappa shape index (κ3) is 4.24. The van der Waals surface area contributed by atoms with Gasteiger partial charge in [0, 0.05) is 22.9 Å². The number of hydrogen-bond donors (Lipinski definition) is 1. The lowest BCUT2D eigenvalue weighted by Crippen LogP contribution is -2.07. The van der Waals surface area contributed by atoms with E-state index in [1.54, 1.807) is 12.1 Å². The van der Waals surface area contributed by atoms with Gasteiger partial charge < -0.3 is 0 Å². The Labute approximate surface area is 146 Å². The van der Waals surface area contributed by atoms with Crippen molar-refractivity contribution < 1.29 is 9.72 Å². The van der Waals surface area contributed by atoms with Gasteiger partial charge in [-0.2, -0.15) is 0 Å². The second-order valence-electron chi connectivity index (χ2n) is 5.54. The molecule has 3 rings (SSSR count). The van der Waals surface area contributed by atoms with Crippen molar-refractivity contribution in [3.05, 3.63) is 38.2 Å². The summed E-state index contributed by atoms with van der Waals surface area (Å²) >= 11 is 2.44. The molecular formula is C15H16N4O3S2. The Morgan fingerprint density at radius 3 is 2.75 bits per heavy atom. The Morgan fingerprint density at radius 1 is 1.25 bits per heavy atom. The second kappa shape index (κ2) is 7.63. The number of nitrogens with zero attached hydrogens (tertiary/aromatic N) is 3. The van der Waals surface area contributed by atoms with Crippen LogP contribution in [-0.4, -0.2) is 21.0 Å². The molecule has 1 aliphatic carbocycles. The van der Waals surface area contributed by atoms with Gasteiger partial charge in [-0.15, -0.1) is 10.2 Å². The molecule has 0 aliphatic heterocycles. The van der Waals surface area contributed by atoms with Gasteiger partial charge in [0.25, 0.3) is 0 Å². The highest BCUT2D eigenvalue weighted by atomic mass is 32.1. The van der Waals surface area contributed by atoms with Crippen LogP contribution in [0, 0.1) is 10.1 Å². The summed E-state index contributed by atoms with van der Waals surface area (Å²) in [4.78, 5) is 22.8. The highest BCUT2D eigenvalue weighted by molar-refractivity contribution is 7.16. The SMILES string of the molecule is O=C(/C=C/c1ccc([N+](=O)[O-])s1)Nc1nnc(C2CCCCC2)s1.